The van der Waals surface area contributed by atoms with Crippen molar-refractivity contribution in [3.8, 4) is 0 Å². The number of thiophene rings is 1. The average Bonchev–Trinajstić information content (AvgIpc) is 2.80. The van der Waals surface area contributed by atoms with Crippen molar-refractivity contribution >= 4 is 39.0 Å². The lowest BCUT2D eigenvalue weighted by Crippen LogP contribution is -2.20. The van der Waals surface area contributed by atoms with Crippen molar-refractivity contribution in [1.29, 1.82) is 0 Å². The molecule has 2 aromatic heterocycles. The zero-order chi connectivity index (χ0) is 13.7. The highest BCUT2D eigenvalue weighted by atomic mass is 35.5. The molecule has 0 saturated carbocycles. The summed E-state index contributed by atoms with van der Waals surface area (Å²) in [6.07, 6.45) is 0. The van der Waals surface area contributed by atoms with E-state index in [2.05, 4.69) is 20.2 Å². The summed E-state index contributed by atoms with van der Waals surface area (Å²) in [5, 5.41) is 6.49. The summed E-state index contributed by atoms with van der Waals surface area (Å²) in [5.41, 5.74) is 0. The third-order valence-electron chi connectivity index (χ3n) is 2.52. The van der Waals surface area contributed by atoms with Gasteiger partial charge in [-0.05, 0) is 37.1 Å². The lowest BCUT2D eigenvalue weighted by Gasteiger charge is -2.10. The summed E-state index contributed by atoms with van der Waals surface area (Å²) in [6, 6.07) is 1.99. The van der Waals surface area contributed by atoms with Crippen molar-refractivity contribution in [1.82, 2.24) is 14.9 Å². The zero-order valence-electron chi connectivity index (χ0n) is 11.0. The van der Waals surface area contributed by atoms with Crippen molar-refractivity contribution in [2.75, 3.05) is 45.7 Å². The second-order valence-corrected chi connectivity index (χ2v) is 5.56. The Morgan fingerprint density at radius 2 is 2.21 bits per heavy atom. The molecule has 0 radical (unpaired) electrons. The van der Waals surface area contributed by atoms with E-state index < -0.39 is 0 Å². The normalized spacial score (nSPS) is 11.4. The van der Waals surface area contributed by atoms with Gasteiger partial charge >= 0.3 is 0 Å². The molecule has 0 unspecified atom stereocenters. The standard InChI is InChI=1S/C12H17ClN4OS/c1-17(2)5-7-18-6-4-14-10-9-3-8-19-11(9)16-12(13)15-10/h3,8H,4-7H2,1-2H3,(H,14,15,16). The number of rotatable bonds is 7. The molecule has 0 amide bonds. The van der Waals surface area contributed by atoms with Crippen molar-refractivity contribution in [2.45, 2.75) is 0 Å². The van der Waals surface area contributed by atoms with Crippen LogP contribution >= 0.6 is 22.9 Å². The lowest BCUT2D eigenvalue weighted by molar-refractivity contribution is 0.126. The first kappa shape index (κ1) is 14.5. The zero-order valence-corrected chi connectivity index (χ0v) is 12.6. The molecular formula is C12H17ClN4OS. The van der Waals surface area contributed by atoms with Gasteiger partial charge < -0.3 is 15.0 Å². The minimum absolute atomic E-state index is 0.269. The maximum absolute atomic E-state index is 5.89. The largest absolute Gasteiger partial charge is 0.378 e. The van der Waals surface area contributed by atoms with E-state index in [4.69, 9.17) is 16.3 Å². The summed E-state index contributed by atoms with van der Waals surface area (Å²) < 4.78 is 5.51. The number of hydrogen-bond acceptors (Lipinski definition) is 6. The lowest BCUT2D eigenvalue weighted by atomic mass is 10.4. The molecule has 19 heavy (non-hydrogen) atoms. The number of nitrogens with one attached hydrogen (secondary N) is 1. The molecule has 2 heterocycles. The molecule has 0 saturated heterocycles. The van der Waals surface area contributed by atoms with E-state index in [1.807, 2.05) is 25.5 Å². The Kier molecular flexibility index (Phi) is 5.33. The van der Waals surface area contributed by atoms with Crippen LogP contribution in [0.5, 0.6) is 0 Å². The Labute approximate surface area is 121 Å². The van der Waals surface area contributed by atoms with Crippen molar-refractivity contribution < 1.29 is 4.74 Å². The van der Waals surface area contributed by atoms with Crippen LogP contribution in [0.1, 0.15) is 0 Å². The third-order valence-corrected chi connectivity index (χ3v) is 3.50. The van der Waals surface area contributed by atoms with Gasteiger partial charge in [-0.3, -0.25) is 0 Å². The number of aromatic nitrogens is 2. The Hall–Kier alpha value is -0.950. The van der Waals surface area contributed by atoms with Gasteiger partial charge in [-0.1, -0.05) is 0 Å². The predicted octanol–water partition coefficient (Wildman–Crippen LogP) is 2.33. The molecule has 1 N–H and O–H groups in total. The van der Waals surface area contributed by atoms with Gasteiger partial charge in [-0.15, -0.1) is 11.3 Å². The Bertz CT molecular complexity index is 531. The average molecular weight is 301 g/mol. The van der Waals surface area contributed by atoms with Crippen LogP contribution in [-0.4, -0.2) is 55.3 Å². The fourth-order valence-electron chi connectivity index (χ4n) is 1.55. The summed E-state index contributed by atoms with van der Waals surface area (Å²) >= 11 is 7.44. The molecule has 0 atom stereocenters. The quantitative estimate of drug-likeness (QED) is 0.628. The summed E-state index contributed by atoms with van der Waals surface area (Å²) in [7, 11) is 4.05. The van der Waals surface area contributed by atoms with Gasteiger partial charge in [-0.25, -0.2) is 9.97 Å². The Morgan fingerprint density at radius 1 is 1.37 bits per heavy atom. The first-order chi connectivity index (χ1) is 9.16. The van der Waals surface area contributed by atoms with Crippen LogP contribution in [0, 0.1) is 0 Å². The van der Waals surface area contributed by atoms with Gasteiger partial charge in [-0.2, -0.15) is 0 Å². The van der Waals surface area contributed by atoms with E-state index in [0.29, 0.717) is 13.2 Å². The fourth-order valence-corrected chi connectivity index (χ4v) is 2.54. The van der Waals surface area contributed by atoms with Crippen LogP contribution in [-0.2, 0) is 4.74 Å². The topological polar surface area (TPSA) is 50.3 Å². The molecule has 0 aromatic carbocycles. The van der Waals surface area contributed by atoms with Gasteiger partial charge in [0.1, 0.15) is 10.6 Å². The first-order valence-electron chi connectivity index (χ1n) is 6.04. The maximum Gasteiger partial charge on any atom is 0.225 e. The molecule has 0 spiro atoms. The molecule has 5 nitrogen and oxygen atoms in total. The molecule has 2 aromatic rings. The summed E-state index contributed by atoms with van der Waals surface area (Å²) in [5.74, 6) is 0.771. The Balaban J connectivity index is 1.83. The van der Waals surface area contributed by atoms with Crippen LogP contribution in [0.2, 0.25) is 5.28 Å². The highest BCUT2D eigenvalue weighted by Crippen LogP contribution is 2.26. The van der Waals surface area contributed by atoms with E-state index in [9.17, 15) is 0 Å². The number of ether oxygens (including phenoxy) is 1. The van der Waals surface area contributed by atoms with Crippen LogP contribution in [0.15, 0.2) is 11.4 Å². The van der Waals surface area contributed by atoms with Gasteiger partial charge in [0, 0.05) is 13.1 Å². The van der Waals surface area contributed by atoms with Crippen LogP contribution in [0.4, 0.5) is 5.82 Å². The molecule has 2 rings (SSSR count). The van der Waals surface area contributed by atoms with Gasteiger partial charge in [0.2, 0.25) is 5.28 Å². The van der Waals surface area contributed by atoms with Gasteiger partial charge in [0.15, 0.2) is 0 Å². The minimum atomic E-state index is 0.269. The van der Waals surface area contributed by atoms with Crippen molar-refractivity contribution in [3.05, 3.63) is 16.7 Å². The SMILES string of the molecule is CN(C)CCOCCNc1nc(Cl)nc2sccc12. The van der Waals surface area contributed by atoms with E-state index in [1.165, 1.54) is 0 Å². The second-order valence-electron chi connectivity index (χ2n) is 4.32. The van der Waals surface area contributed by atoms with E-state index in [1.54, 1.807) is 11.3 Å². The summed E-state index contributed by atoms with van der Waals surface area (Å²) in [4.78, 5) is 11.4. The molecule has 104 valence electrons. The van der Waals surface area contributed by atoms with Crippen LogP contribution < -0.4 is 5.32 Å². The highest BCUT2D eigenvalue weighted by Gasteiger charge is 2.06. The summed E-state index contributed by atoms with van der Waals surface area (Å²) in [6.45, 7) is 2.99. The highest BCUT2D eigenvalue weighted by molar-refractivity contribution is 7.16. The number of anilines is 1. The molecule has 0 bridgehead atoms. The first-order valence-corrected chi connectivity index (χ1v) is 7.29. The van der Waals surface area contributed by atoms with Crippen molar-refractivity contribution in [3.63, 3.8) is 0 Å². The van der Waals surface area contributed by atoms with Crippen LogP contribution in [0.25, 0.3) is 10.2 Å². The third kappa shape index (κ3) is 4.28. The molecule has 0 aliphatic rings. The number of fused-ring (bicyclic) bond motifs is 1. The van der Waals surface area contributed by atoms with Crippen molar-refractivity contribution in [2.24, 2.45) is 0 Å². The van der Waals surface area contributed by atoms with Crippen LogP contribution in [0.3, 0.4) is 0 Å². The number of hydrogen-bond donors (Lipinski definition) is 1. The minimum Gasteiger partial charge on any atom is -0.378 e. The van der Waals surface area contributed by atoms with Gasteiger partial charge in [0.25, 0.3) is 0 Å². The molecule has 0 aliphatic heterocycles. The monoisotopic (exact) mass is 300 g/mol. The molecule has 7 heteroatoms. The van der Waals surface area contributed by atoms with Gasteiger partial charge in [0.05, 0.1) is 18.6 Å². The number of nitrogens with zero attached hydrogens (tertiary/aromatic N) is 3. The Morgan fingerprint density at radius 3 is 3.00 bits per heavy atom. The molecule has 0 aliphatic carbocycles. The molecule has 0 fully saturated rings. The molecular weight excluding hydrogens is 284 g/mol. The number of likely N-dealkylation sites (N-methyl/N-ethyl adjacent to an activating group) is 1. The smallest absolute Gasteiger partial charge is 0.225 e. The fraction of sp³-hybridized carbons (Fsp3) is 0.500. The van der Waals surface area contributed by atoms with E-state index in [-0.39, 0.29) is 5.28 Å². The predicted molar refractivity (Wildman–Crippen MR) is 80.3 cm³/mol. The second kappa shape index (κ2) is 7.00. The van der Waals surface area contributed by atoms with E-state index in [0.717, 1.165) is 29.2 Å². The maximum atomic E-state index is 5.89. The number of halogens is 1. The van der Waals surface area contributed by atoms with E-state index >= 15 is 0 Å².